The number of hydrogen-bond acceptors (Lipinski definition) is 4. The molecule has 1 aliphatic carbocycles. The molecule has 2 fully saturated rings. The Bertz CT molecular complexity index is 439. The van der Waals surface area contributed by atoms with Gasteiger partial charge in [0.2, 0.25) is 0 Å². The maximum atomic E-state index is 3.59. The van der Waals surface area contributed by atoms with Crippen LogP contribution in [-0.4, -0.2) is 61.4 Å². The van der Waals surface area contributed by atoms with Crippen LogP contribution in [0.25, 0.3) is 0 Å². The molecule has 0 atom stereocenters. The Kier molecular flexibility index (Phi) is 5.58. The highest BCUT2D eigenvalue weighted by Gasteiger charge is 2.19. The van der Waals surface area contributed by atoms with Crippen LogP contribution in [0.1, 0.15) is 18.4 Å². The monoisotopic (exact) mass is 305 g/mol. The third-order valence-corrected chi connectivity index (χ3v) is 5.32. The summed E-state index contributed by atoms with van der Waals surface area (Å²) in [7, 11) is 2.22. The standard InChI is InChI=1S/C17H27N3S/c1-19-7-9-20(10-8-19)11-12-21-17-4-2-3-15(13-17)14-18-16-5-6-16/h2-4,13,16,18H,5-12,14H2,1H3. The van der Waals surface area contributed by atoms with Gasteiger partial charge in [-0.2, -0.15) is 0 Å². The maximum absolute atomic E-state index is 3.59. The predicted octanol–water partition coefficient (Wildman–Crippen LogP) is 2.28. The molecule has 4 heteroatoms. The van der Waals surface area contributed by atoms with E-state index in [1.54, 1.807) is 0 Å². The molecule has 1 aromatic carbocycles. The number of hydrogen-bond donors (Lipinski definition) is 1. The summed E-state index contributed by atoms with van der Waals surface area (Å²) in [5, 5.41) is 3.59. The van der Waals surface area contributed by atoms with Crippen LogP contribution in [-0.2, 0) is 6.54 Å². The minimum absolute atomic E-state index is 0.790. The van der Waals surface area contributed by atoms with Crippen LogP contribution in [0.5, 0.6) is 0 Å². The van der Waals surface area contributed by atoms with Gasteiger partial charge in [0.15, 0.2) is 0 Å². The van der Waals surface area contributed by atoms with Gasteiger partial charge >= 0.3 is 0 Å². The molecule has 0 amide bonds. The smallest absolute Gasteiger partial charge is 0.0208 e. The number of nitrogens with one attached hydrogen (secondary N) is 1. The summed E-state index contributed by atoms with van der Waals surface area (Å²) >= 11 is 2.00. The zero-order valence-electron chi connectivity index (χ0n) is 13.1. The molecule has 21 heavy (non-hydrogen) atoms. The number of nitrogens with zero attached hydrogens (tertiary/aromatic N) is 2. The highest BCUT2D eigenvalue weighted by molar-refractivity contribution is 7.99. The summed E-state index contributed by atoms with van der Waals surface area (Å²) in [5.41, 5.74) is 1.42. The molecule has 3 rings (SSSR count). The van der Waals surface area contributed by atoms with E-state index in [4.69, 9.17) is 0 Å². The molecule has 116 valence electrons. The lowest BCUT2D eigenvalue weighted by atomic mass is 10.2. The average molecular weight is 305 g/mol. The number of benzene rings is 1. The Morgan fingerprint density at radius 3 is 2.76 bits per heavy atom. The van der Waals surface area contributed by atoms with Gasteiger partial charge in [-0.05, 0) is 37.6 Å². The van der Waals surface area contributed by atoms with Crippen molar-refractivity contribution in [1.82, 2.24) is 15.1 Å². The van der Waals surface area contributed by atoms with Crippen LogP contribution in [0.3, 0.4) is 0 Å². The molecular formula is C17H27N3S. The summed E-state index contributed by atoms with van der Waals surface area (Å²) < 4.78 is 0. The molecule has 1 aromatic rings. The van der Waals surface area contributed by atoms with Crippen LogP contribution >= 0.6 is 11.8 Å². The van der Waals surface area contributed by atoms with E-state index < -0.39 is 0 Å². The second-order valence-corrected chi connectivity index (χ2v) is 7.46. The van der Waals surface area contributed by atoms with Crippen molar-refractivity contribution in [2.75, 3.05) is 45.5 Å². The second kappa shape index (κ2) is 7.63. The van der Waals surface area contributed by atoms with Crippen molar-refractivity contribution in [3.05, 3.63) is 29.8 Å². The first-order valence-corrected chi connectivity index (χ1v) is 9.14. The van der Waals surface area contributed by atoms with Gasteiger partial charge in [-0.1, -0.05) is 12.1 Å². The summed E-state index contributed by atoms with van der Waals surface area (Å²) in [5.74, 6) is 1.20. The van der Waals surface area contributed by atoms with Gasteiger partial charge < -0.3 is 10.2 Å². The Labute approximate surface area is 133 Å². The van der Waals surface area contributed by atoms with E-state index in [0.717, 1.165) is 12.6 Å². The molecule has 0 spiro atoms. The lowest BCUT2D eigenvalue weighted by Gasteiger charge is -2.32. The van der Waals surface area contributed by atoms with E-state index in [2.05, 4.69) is 46.4 Å². The Hall–Kier alpha value is -0.550. The van der Waals surface area contributed by atoms with Crippen LogP contribution in [0.2, 0.25) is 0 Å². The van der Waals surface area contributed by atoms with Gasteiger partial charge in [-0.3, -0.25) is 4.90 Å². The van der Waals surface area contributed by atoms with Crippen molar-refractivity contribution < 1.29 is 0 Å². The summed E-state index contributed by atoms with van der Waals surface area (Å²) in [6, 6.07) is 9.82. The van der Waals surface area contributed by atoms with E-state index >= 15 is 0 Å². The van der Waals surface area contributed by atoms with E-state index in [0.29, 0.717) is 0 Å². The van der Waals surface area contributed by atoms with Crippen LogP contribution in [0.15, 0.2) is 29.2 Å². The first-order valence-electron chi connectivity index (χ1n) is 8.15. The molecule has 0 radical (unpaired) electrons. The Morgan fingerprint density at radius 2 is 2.00 bits per heavy atom. The predicted molar refractivity (Wildman–Crippen MR) is 91.0 cm³/mol. The highest BCUT2D eigenvalue weighted by Crippen LogP contribution is 2.22. The zero-order valence-corrected chi connectivity index (χ0v) is 13.9. The van der Waals surface area contributed by atoms with E-state index in [9.17, 15) is 0 Å². The third kappa shape index (κ3) is 5.29. The van der Waals surface area contributed by atoms with Crippen LogP contribution in [0.4, 0.5) is 0 Å². The van der Waals surface area contributed by atoms with Crippen LogP contribution in [0, 0.1) is 0 Å². The third-order valence-electron chi connectivity index (χ3n) is 4.34. The highest BCUT2D eigenvalue weighted by atomic mass is 32.2. The first kappa shape index (κ1) is 15.3. The van der Waals surface area contributed by atoms with Gasteiger partial charge in [0.1, 0.15) is 0 Å². The van der Waals surface area contributed by atoms with Crippen molar-refractivity contribution >= 4 is 11.8 Å². The molecule has 1 aliphatic heterocycles. The van der Waals surface area contributed by atoms with Gasteiger partial charge in [-0.15, -0.1) is 11.8 Å². The molecule has 2 aliphatic rings. The summed E-state index contributed by atoms with van der Waals surface area (Å²) in [6.45, 7) is 7.12. The molecule has 0 unspecified atom stereocenters. The largest absolute Gasteiger partial charge is 0.310 e. The molecule has 1 heterocycles. The van der Waals surface area contributed by atoms with Gasteiger partial charge in [0.05, 0.1) is 0 Å². The summed E-state index contributed by atoms with van der Waals surface area (Å²) in [6.07, 6.45) is 2.72. The van der Waals surface area contributed by atoms with E-state index in [1.165, 1.54) is 61.8 Å². The molecule has 1 saturated carbocycles. The lowest BCUT2D eigenvalue weighted by molar-refractivity contribution is 0.161. The fourth-order valence-electron chi connectivity index (χ4n) is 2.66. The topological polar surface area (TPSA) is 18.5 Å². The number of likely N-dealkylation sites (N-methyl/N-ethyl adjacent to an activating group) is 1. The molecule has 3 nitrogen and oxygen atoms in total. The fourth-order valence-corrected chi connectivity index (χ4v) is 3.65. The fraction of sp³-hybridized carbons (Fsp3) is 0.647. The normalized spacial score (nSPS) is 20.8. The van der Waals surface area contributed by atoms with Crippen LogP contribution < -0.4 is 5.32 Å². The Balaban J connectivity index is 1.38. The van der Waals surface area contributed by atoms with Gasteiger partial charge in [0, 0.05) is 56.0 Å². The van der Waals surface area contributed by atoms with Gasteiger partial charge in [0.25, 0.3) is 0 Å². The van der Waals surface area contributed by atoms with Crippen molar-refractivity contribution in [2.24, 2.45) is 0 Å². The van der Waals surface area contributed by atoms with Gasteiger partial charge in [-0.25, -0.2) is 0 Å². The SMILES string of the molecule is CN1CCN(CCSc2cccc(CNC3CC3)c2)CC1. The quantitative estimate of drug-likeness (QED) is 0.779. The van der Waals surface area contributed by atoms with Crippen molar-refractivity contribution in [3.63, 3.8) is 0 Å². The number of rotatable bonds is 7. The molecular weight excluding hydrogens is 278 g/mol. The van der Waals surface area contributed by atoms with Crippen molar-refractivity contribution in [2.45, 2.75) is 30.3 Å². The van der Waals surface area contributed by atoms with E-state index in [-0.39, 0.29) is 0 Å². The van der Waals surface area contributed by atoms with Crippen molar-refractivity contribution in [3.8, 4) is 0 Å². The van der Waals surface area contributed by atoms with E-state index in [1.807, 2.05) is 11.8 Å². The second-order valence-electron chi connectivity index (χ2n) is 6.30. The Morgan fingerprint density at radius 1 is 1.19 bits per heavy atom. The molecule has 1 N–H and O–H groups in total. The molecule has 1 saturated heterocycles. The minimum Gasteiger partial charge on any atom is -0.310 e. The molecule has 0 bridgehead atoms. The van der Waals surface area contributed by atoms with Crippen molar-refractivity contribution in [1.29, 1.82) is 0 Å². The summed E-state index contributed by atoms with van der Waals surface area (Å²) in [4.78, 5) is 6.42. The number of thioether (sulfide) groups is 1. The first-order chi connectivity index (χ1) is 10.3. The lowest BCUT2D eigenvalue weighted by Crippen LogP contribution is -2.45. The molecule has 0 aromatic heterocycles. The zero-order chi connectivity index (χ0) is 14.5. The maximum Gasteiger partial charge on any atom is 0.0208 e. The average Bonchev–Trinajstić information content (AvgIpc) is 3.32. The number of piperazine rings is 1. The minimum atomic E-state index is 0.790.